The first kappa shape index (κ1) is 11.1. The van der Waals surface area contributed by atoms with E-state index in [4.69, 9.17) is 5.11 Å². The Hall–Kier alpha value is -2.04. The molecule has 1 atom stereocenters. The number of rotatable bonds is 3. The molecule has 0 saturated carbocycles. The molecule has 5 heteroatoms. The van der Waals surface area contributed by atoms with Gasteiger partial charge in [-0.2, -0.15) is 5.10 Å². The summed E-state index contributed by atoms with van der Waals surface area (Å²) < 4.78 is 0. The van der Waals surface area contributed by atoms with Crippen molar-refractivity contribution >= 4 is 22.6 Å². The minimum absolute atomic E-state index is 0.266. The Balaban J connectivity index is 1.77. The van der Waals surface area contributed by atoms with Crippen LogP contribution in [0.5, 0.6) is 0 Å². The van der Waals surface area contributed by atoms with E-state index in [-0.39, 0.29) is 12.3 Å². The van der Waals surface area contributed by atoms with E-state index in [0.29, 0.717) is 0 Å². The zero-order chi connectivity index (χ0) is 12.5. The van der Waals surface area contributed by atoms with E-state index < -0.39 is 5.97 Å². The SMILES string of the molecule is O=C(O)CC1CCN(c2ccc3[nH]ncc3c2)C1. The van der Waals surface area contributed by atoms with Crippen molar-refractivity contribution in [2.45, 2.75) is 12.8 Å². The molecule has 1 unspecified atom stereocenters. The van der Waals surface area contributed by atoms with Crippen LogP contribution in [0.2, 0.25) is 0 Å². The van der Waals surface area contributed by atoms with Gasteiger partial charge in [0, 0.05) is 30.6 Å². The molecule has 3 rings (SSSR count). The van der Waals surface area contributed by atoms with Gasteiger partial charge in [-0.1, -0.05) is 0 Å². The van der Waals surface area contributed by atoms with E-state index in [0.717, 1.165) is 36.1 Å². The number of nitrogens with one attached hydrogen (secondary N) is 1. The van der Waals surface area contributed by atoms with E-state index in [1.807, 2.05) is 12.3 Å². The Kier molecular flexibility index (Phi) is 2.66. The third-order valence-electron chi connectivity index (χ3n) is 3.54. The molecule has 0 bridgehead atoms. The normalized spacial score (nSPS) is 19.6. The highest BCUT2D eigenvalue weighted by molar-refractivity contribution is 5.82. The average molecular weight is 245 g/mol. The summed E-state index contributed by atoms with van der Waals surface area (Å²) in [6.07, 6.45) is 3.03. The van der Waals surface area contributed by atoms with Crippen LogP contribution < -0.4 is 4.90 Å². The predicted molar refractivity (Wildman–Crippen MR) is 68.7 cm³/mol. The maximum absolute atomic E-state index is 10.7. The van der Waals surface area contributed by atoms with Crippen LogP contribution in [0.25, 0.3) is 10.9 Å². The van der Waals surface area contributed by atoms with Crippen LogP contribution >= 0.6 is 0 Å². The van der Waals surface area contributed by atoms with Crippen molar-refractivity contribution in [1.82, 2.24) is 10.2 Å². The summed E-state index contributed by atoms with van der Waals surface area (Å²) >= 11 is 0. The number of hydrogen-bond donors (Lipinski definition) is 2. The summed E-state index contributed by atoms with van der Waals surface area (Å²) in [4.78, 5) is 13.0. The molecule has 5 nitrogen and oxygen atoms in total. The Morgan fingerprint density at radius 2 is 2.44 bits per heavy atom. The van der Waals surface area contributed by atoms with Gasteiger partial charge in [-0.25, -0.2) is 0 Å². The van der Waals surface area contributed by atoms with Gasteiger partial charge in [0.1, 0.15) is 0 Å². The van der Waals surface area contributed by atoms with Crippen LogP contribution in [0.4, 0.5) is 5.69 Å². The molecule has 1 fully saturated rings. The quantitative estimate of drug-likeness (QED) is 0.866. The largest absolute Gasteiger partial charge is 0.481 e. The Morgan fingerprint density at radius 1 is 1.56 bits per heavy atom. The van der Waals surface area contributed by atoms with Crippen molar-refractivity contribution < 1.29 is 9.90 Å². The number of hydrogen-bond acceptors (Lipinski definition) is 3. The number of benzene rings is 1. The smallest absolute Gasteiger partial charge is 0.303 e. The van der Waals surface area contributed by atoms with E-state index >= 15 is 0 Å². The second-order valence-electron chi connectivity index (χ2n) is 4.84. The monoisotopic (exact) mass is 245 g/mol. The van der Waals surface area contributed by atoms with Crippen LogP contribution in [-0.2, 0) is 4.79 Å². The topological polar surface area (TPSA) is 69.2 Å². The van der Waals surface area contributed by atoms with Gasteiger partial charge in [0.15, 0.2) is 0 Å². The number of aromatic nitrogens is 2. The van der Waals surface area contributed by atoms with Gasteiger partial charge in [0.05, 0.1) is 11.7 Å². The fourth-order valence-electron chi connectivity index (χ4n) is 2.61. The number of aromatic amines is 1. The molecule has 1 saturated heterocycles. The number of carbonyl (C=O) groups is 1. The highest BCUT2D eigenvalue weighted by Gasteiger charge is 2.24. The first-order chi connectivity index (χ1) is 8.72. The zero-order valence-corrected chi connectivity index (χ0v) is 9.97. The van der Waals surface area contributed by atoms with Crippen molar-refractivity contribution in [1.29, 1.82) is 0 Å². The van der Waals surface area contributed by atoms with Gasteiger partial charge in [-0.3, -0.25) is 9.89 Å². The molecule has 1 aliphatic rings. The first-order valence-electron chi connectivity index (χ1n) is 6.12. The van der Waals surface area contributed by atoms with E-state index in [9.17, 15) is 4.79 Å². The maximum Gasteiger partial charge on any atom is 0.303 e. The van der Waals surface area contributed by atoms with Gasteiger partial charge >= 0.3 is 5.97 Å². The minimum Gasteiger partial charge on any atom is -0.481 e. The van der Waals surface area contributed by atoms with Crippen LogP contribution in [0.1, 0.15) is 12.8 Å². The van der Waals surface area contributed by atoms with Crippen LogP contribution in [0.15, 0.2) is 24.4 Å². The summed E-state index contributed by atoms with van der Waals surface area (Å²) in [5, 5.41) is 16.8. The van der Waals surface area contributed by atoms with Gasteiger partial charge in [-0.15, -0.1) is 0 Å². The van der Waals surface area contributed by atoms with Crippen molar-refractivity contribution in [2.75, 3.05) is 18.0 Å². The van der Waals surface area contributed by atoms with Crippen LogP contribution in [0.3, 0.4) is 0 Å². The van der Waals surface area contributed by atoms with Gasteiger partial charge in [-0.05, 0) is 30.5 Å². The molecular formula is C13H15N3O2. The van der Waals surface area contributed by atoms with Gasteiger partial charge in [0.25, 0.3) is 0 Å². The predicted octanol–water partition coefficient (Wildman–Crippen LogP) is 1.86. The Morgan fingerprint density at radius 3 is 3.28 bits per heavy atom. The highest BCUT2D eigenvalue weighted by Crippen LogP contribution is 2.27. The second-order valence-corrected chi connectivity index (χ2v) is 4.84. The molecule has 1 aromatic carbocycles. The molecule has 0 amide bonds. The van der Waals surface area contributed by atoms with Gasteiger partial charge < -0.3 is 10.0 Å². The number of H-pyrrole nitrogens is 1. The zero-order valence-electron chi connectivity index (χ0n) is 9.97. The first-order valence-corrected chi connectivity index (χ1v) is 6.12. The average Bonchev–Trinajstić information content (AvgIpc) is 2.95. The third-order valence-corrected chi connectivity index (χ3v) is 3.54. The molecule has 2 aromatic rings. The van der Waals surface area contributed by atoms with Crippen molar-refractivity contribution in [2.24, 2.45) is 5.92 Å². The molecule has 94 valence electrons. The number of carboxylic acids is 1. The standard InChI is InChI=1S/C13H15N3O2/c17-13(18)5-9-3-4-16(8-9)11-1-2-12-10(6-11)7-14-15-12/h1-2,6-7,9H,3-5,8H2,(H,14,15)(H,17,18). The number of carboxylic acid groups (broad SMARTS) is 1. The third kappa shape index (κ3) is 2.03. The second kappa shape index (κ2) is 4.33. The van der Waals surface area contributed by atoms with Crippen LogP contribution in [0, 0.1) is 5.92 Å². The fourth-order valence-corrected chi connectivity index (χ4v) is 2.61. The van der Waals surface area contributed by atoms with Crippen molar-refractivity contribution in [3.8, 4) is 0 Å². The molecular weight excluding hydrogens is 230 g/mol. The number of aliphatic carboxylic acids is 1. The number of nitrogens with zero attached hydrogens (tertiary/aromatic N) is 2. The minimum atomic E-state index is -0.702. The highest BCUT2D eigenvalue weighted by atomic mass is 16.4. The van der Waals surface area contributed by atoms with Crippen molar-refractivity contribution in [3.63, 3.8) is 0 Å². The van der Waals surface area contributed by atoms with Gasteiger partial charge in [0.2, 0.25) is 0 Å². The van der Waals surface area contributed by atoms with Crippen LogP contribution in [-0.4, -0.2) is 34.4 Å². The lowest BCUT2D eigenvalue weighted by Gasteiger charge is -2.18. The Labute approximate surface area is 104 Å². The van der Waals surface area contributed by atoms with Crippen molar-refractivity contribution in [3.05, 3.63) is 24.4 Å². The molecule has 2 heterocycles. The molecule has 0 spiro atoms. The number of fused-ring (bicyclic) bond motifs is 1. The molecule has 0 radical (unpaired) electrons. The summed E-state index contributed by atoms with van der Waals surface area (Å²) in [7, 11) is 0. The Bertz CT molecular complexity index is 578. The lowest BCUT2D eigenvalue weighted by Crippen LogP contribution is -2.20. The summed E-state index contributed by atoms with van der Waals surface area (Å²) in [6.45, 7) is 1.76. The summed E-state index contributed by atoms with van der Waals surface area (Å²) in [6, 6.07) is 6.17. The van der Waals surface area contributed by atoms with E-state index in [2.05, 4.69) is 27.2 Å². The molecule has 1 aliphatic heterocycles. The van der Waals surface area contributed by atoms with E-state index in [1.54, 1.807) is 0 Å². The fraction of sp³-hybridized carbons (Fsp3) is 0.385. The van der Waals surface area contributed by atoms with E-state index in [1.165, 1.54) is 0 Å². The summed E-state index contributed by atoms with van der Waals surface area (Å²) in [5.41, 5.74) is 2.18. The maximum atomic E-state index is 10.7. The lowest BCUT2D eigenvalue weighted by atomic mass is 10.1. The summed E-state index contributed by atoms with van der Waals surface area (Å²) in [5.74, 6) is -0.435. The molecule has 0 aliphatic carbocycles. The molecule has 18 heavy (non-hydrogen) atoms. The molecule has 2 N–H and O–H groups in total. The molecule has 1 aromatic heterocycles. The number of anilines is 1. The lowest BCUT2D eigenvalue weighted by molar-refractivity contribution is -0.137.